The molecule has 0 rings (SSSR count). The Morgan fingerprint density at radius 3 is 1.36 bits per heavy atom. The first-order chi connectivity index (χ1) is 29.7. The van der Waals surface area contributed by atoms with E-state index >= 15 is 0 Å². The van der Waals surface area contributed by atoms with Crippen molar-refractivity contribution in [3.8, 4) is 0 Å². The molecular weight excluding hydrogens is 790 g/mol. The van der Waals surface area contributed by atoms with E-state index in [1.807, 2.05) is 0 Å². The maximum absolute atomic E-state index is 12.7. The van der Waals surface area contributed by atoms with Crippen molar-refractivity contribution in [2.75, 3.05) is 26.4 Å². The van der Waals surface area contributed by atoms with Crippen molar-refractivity contribution < 1.29 is 42.7 Å². The molecule has 0 amide bonds. The molecule has 0 bridgehead atoms. The van der Waals surface area contributed by atoms with E-state index in [4.69, 9.17) is 29.4 Å². The fourth-order valence-corrected chi connectivity index (χ4v) is 8.06. The van der Waals surface area contributed by atoms with Crippen molar-refractivity contribution in [1.82, 2.24) is 0 Å². The first kappa shape index (κ1) is 59.5. The molecule has 61 heavy (non-hydrogen) atoms. The molecule has 360 valence electrons. The SMILES string of the molecule is CCCCC/C=C\C/C=C\CCCCCCCCOCC(COP(=O)(O)OCC(N)C(=O)O)OC(=O)CCCCCCCCCCCCCCCCCCCCCCCCC. The third-order valence-electron chi connectivity index (χ3n) is 11.2. The van der Waals surface area contributed by atoms with Crippen molar-refractivity contribution >= 4 is 19.8 Å². The lowest BCUT2D eigenvalue weighted by atomic mass is 10.0. The summed E-state index contributed by atoms with van der Waals surface area (Å²) in [6, 6.07) is -1.47. The number of phosphoric ester groups is 1. The average Bonchev–Trinajstić information content (AvgIpc) is 3.24. The lowest BCUT2D eigenvalue weighted by Gasteiger charge is -2.20. The molecule has 3 atom stereocenters. The Morgan fingerprint density at radius 1 is 0.525 bits per heavy atom. The zero-order valence-electron chi connectivity index (χ0n) is 39.5. The largest absolute Gasteiger partial charge is 0.480 e. The van der Waals surface area contributed by atoms with E-state index in [-0.39, 0.29) is 13.0 Å². The molecular formula is C50H96NO9P. The second kappa shape index (κ2) is 46.4. The van der Waals surface area contributed by atoms with Gasteiger partial charge in [-0.1, -0.05) is 218 Å². The third-order valence-corrected chi connectivity index (χ3v) is 12.2. The molecule has 10 nitrogen and oxygen atoms in total. The van der Waals surface area contributed by atoms with Crippen LogP contribution in [0.5, 0.6) is 0 Å². The van der Waals surface area contributed by atoms with Gasteiger partial charge in [-0.15, -0.1) is 0 Å². The quantitative estimate of drug-likeness (QED) is 0.0233. The number of ether oxygens (including phenoxy) is 2. The van der Waals surface area contributed by atoms with Crippen molar-refractivity contribution in [1.29, 1.82) is 0 Å². The number of carboxylic acid groups (broad SMARTS) is 1. The van der Waals surface area contributed by atoms with Crippen molar-refractivity contribution in [3.05, 3.63) is 24.3 Å². The van der Waals surface area contributed by atoms with Crippen LogP contribution < -0.4 is 5.73 Å². The molecule has 0 radical (unpaired) electrons. The van der Waals surface area contributed by atoms with Crippen molar-refractivity contribution in [2.24, 2.45) is 5.73 Å². The summed E-state index contributed by atoms with van der Waals surface area (Å²) in [7, 11) is -4.62. The maximum atomic E-state index is 12.7. The Morgan fingerprint density at radius 2 is 0.902 bits per heavy atom. The molecule has 0 spiro atoms. The molecule has 0 saturated heterocycles. The smallest absolute Gasteiger partial charge is 0.472 e. The van der Waals surface area contributed by atoms with E-state index in [0.717, 1.165) is 44.9 Å². The molecule has 0 aliphatic carbocycles. The Labute approximate surface area is 374 Å². The zero-order chi connectivity index (χ0) is 44.8. The number of hydrogen-bond acceptors (Lipinski definition) is 8. The van der Waals surface area contributed by atoms with Gasteiger partial charge in [0, 0.05) is 13.0 Å². The standard InChI is InChI=1S/C50H96NO9P/c1-3-5-7-9-11-13-15-17-19-21-22-23-24-25-26-27-28-30-32-34-36-38-40-42-49(52)60-47(45-58-61(55,56)59-46-48(51)50(53)54)44-57-43-41-39-37-35-33-31-29-20-18-16-14-12-10-8-6-4-2/h12,14,18,20,47-48H,3-11,13,15-17,19,21-46,51H2,1-2H3,(H,53,54)(H,55,56)/b14-12-,20-18-. The van der Waals surface area contributed by atoms with Gasteiger partial charge in [-0.3, -0.25) is 18.6 Å². The minimum absolute atomic E-state index is 0.0139. The van der Waals surface area contributed by atoms with Crippen LogP contribution in [0, 0.1) is 0 Å². The first-order valence-corrected chi connectivity index (χ1v) is 26.9. The van der Waals surface area contributed by atoms with Gasteiger partial charge >= 0.3 is 19.8 Å². The summed E-state index contributed by atoms with van der Waals surface area (Å²) in [4.78, 5) is 33.7. The van der Waals surface area contributed by atoms with Crippen LogP contribution in [0.2, 0.25) is 0 Å². The summed E-state index contributed by atoms with van der Waals surface area (Å²) in [6.07, 6.45) is 52.4. The summed E-state index contributed by atoms with van der Waals surface area (Å²) in [6.45, 7) is 3.88. The molecule has 0 aliphatic heterocycles. The Kier molecular flexibility index (Phi) is 45.3. The van der Waals surface area contributed by atoms with E-state index in [9.17, 15) is 19.0 Å². The van der Waals surface area contributed by atoms with Gasteiger partial charge in [0.1, 0.15) is 12.1 Å². The lowest BCUT2D eigenvalue weighted by Crippen LogP contribution is -2.34. The topological polar surface area (TPSA) is 155 Å². The molecule has 0 saturated carbocycles. The molecule has 0 fully saturated rings. The fraction of sp³-hybridized carbons (Fsp3) is 0.880. The predicted octanol–water partition coefficient (Wildman–Crippen LogP) is 14.7. The summed E-state index contributed by atoms with van der Waals surface area (Å²) < 4.78 is 33.5. The number of allylic oxidation sites excluding steroid dienone is 4. The number of aliphatic carboxylic acids is 1. The highest BCUT2D eigenvalue weighted by atomic mass is 31.2. The number of carbonyl (C=O) groups is 2. The molecule has 3 unspecified atom stereocenters. The van der Waals surface area contributed by atoms with Crippen LogP contribution >= 0.6 is 7.82 Å². The lowest BCUT2D eigenvalue weighted by molar-refractivity contribution is -0.154. The number of esters is 1. The van der Waals surface area contributed by atoms with Crippen LogP contribution in [0.25, 0.3) is 0 Å². The first-order valence-electron chi connectivity index (χ1n) is 25.4. The van der Waals surface area contributed by atoms with E-state index in [2.05, 4.69) is 38.2 Å². The number of unbranched alkanes of at least 4 members (excludes halogenated alkanes) is 31. The van der Waals surface area contributed by atoms with Gasteiger partial charge < -0.3 is 25.2 Å². The van der Waals surface area contributed by atoms with E-state index in [1.54, 1.807) is 0 Å². The normalized spacial score (nSPS) is 13.9. The molecule has 0 aliphatic rings. The number of nitrogens with two attached hydrogens (primary N) is 1. The minimum Gasteiger partial charge on any atom is -0.480 e. The number of phosphoric acid groups is 1. The van der Waals surface area contributed by atoms with Crippen LogP contribution in [0.4, 0.5) is 0 Å². The second-order valence-corrected chi connectivity index (χ2v) is 18.8. The predicted molar refractivity (Wildman–Crippen MR) is 254 cm³/mol. The number of rotatable bonds is 49. The minimum atomic E-state index is -4.62. The third kappa shape index (κ3) is 46.3. The van der Waals surface area contributed by atoms with Crippen LogP contribution in [-0.4, -0.2) is 60.5 Å². The average molecular weight is 886 g/mol. The second-order valence-electron chi connectivity index (χ2n) is 17.3. The molecule has 11 heteroatoms. The van der Waals surface area contributed by atoms with E-state index in [0.29, 0.717) is 13.0 Å². The molecule has 4 N–H and O–H groups in total. The van der Waals surface area contributed by atoms with E-state index < -0.39 is 45.1 Å². The van der Waals surface area contributed by atoms with Gasteiger partial charge in [0.25, 0.3) is 0 Å². The number of carboxylic acids is 1. The molecule has 0 aromatic carbocycles. The van der Waals surface area contributed by atoms with Crippen LogP contribution in [-0.2, 0) is 32.7 Å². The van der Waals surface area contributed by atoms with Gasteiger partial charge in [0.2, 0.25) is 0 Å². The molecule has 0 heterocycles. The highest BCUT2D eigenvalue weighted by Gasteiger charge is 2.27. The van der Waals surface area contributed by atoms with Crippen molar-refractivity contribution in [2.45, 2.75) is 257 Å². The maximum Gasteiger partial charge on any atom is 0.472 e. The van der Waals surface area contributed by atoms with Crippen LogP contribution in [0.3, 0.4) is 0 Å². The van der Waals surface area contributed by atoms with Gasteiger partial charge in [0.15, 0.2) is 0 Å². The van der Waals surface area contributed by atoms with E-state index in [1.165, 1.54) is 173 Å². The highest BCUT2D eigenvalue weighted by molar-refractivity contribution is 7.47. The fourth-order valence-electron chi connectivity index (χ4n) is 7.28. The molecule has 0 aromatic heterocycles. The summed E-state index contributed by atoms with van der Waals surface area (Å²) in [5.41, 5.74) is 5.37. The summed E-state index contributed by atoms with van der Waals surface area (Å²) in [5.74, 6) is -1.77. The number of carbonyl (C=O) groups excluding carboxylic acids is 1. The van der Waals surface area contributed by atoms with Crippen LogP contribution in [0.15, 0.2) is 24.3 Å². The Hall–Kier alpha value is -1.55. The zero-order valence-corrected chi connectivity index (χ0v) is 40.4. The summed E-state index contributed by atoms with van der Waals surface area (Å²) >= 11 is 0. The van der Waals surface area contributed by atoms with Crippen LogP contribution in [0.1, 0.15) is 245 Å². The summed E-state index contributed by atoms with van der Waals surface area (Å²) in [5, 5.41) is 8.92. The van der Waals surface area contributed by atoms with Crippen molar-refractivity contribution in [3.63, 3.8) is 0 Å². The van der Waals surface area contributed by atoms with Gasteiger partial charge in [-0.05, 0) is 44.9 Å². The highest BCUT2D eigenvalue weighted by Crippen LogP contribution is 2.43. The Balaban J connectivity index is 4.10. The molecule has 0 aromatic rings. The van der Waals surface area contributed by atoms with Gasteiger partial charge in [0.05, 0.1) is 19.8 Å². The van der Waals surface area contributed by atoms with Gasteiger partial charge in [-0.25, -0.2) is 4.57 Å². The monoisotopic (exact) mass is 886 g/mol. The number of hydrogen-bond donors (Lipinski definition) is 3. The Bertz CT molecular complexity index is 1070. The van der Waals surface area contributed by atoms with Gasteiger partial charge in [-0.2, -0.15) is 0 Å².